The van der Waals surface area contributed by atoms with E-state index in [-0.39, 0.29) is 6.04 Å². The fraction of sp³-hybridized carbons (Fsp3) is 0.267. The zero-order chi connectivity index (χ0) is 12.5. The van der Waals surface area contributed by atoms with Crippen LogP contribution in [0.5, 0.6) is 5.75 Å². The van der Waals surface area contributed by atoms with E-state index in [1.807, 2.05) is 31.2 Å². The van der Waals surface area contributed by atoms with E-state index in [9.17, 15) is 0 Å². The topological polar surface area (TPSA) is 48.1 Å². The van der Waals surface area contributed by atoms with Crippen LogP contribution in [0.2, 0.25) is 0 Å². The molecule has 0 saturated carbocycles. The maximum atomic E-state index is 6.35. The smallest absolute Gasteiger partial charge is 0.127 e. The highest BCUT2D eigenvalue weighted by molar-refractivity contribution is 5.48. The van der Waals surface area contributed by atoms with Crippen molar-refractivity contribution in [2.24, 2.45) is 5.73 Å². The number of aromatic nitrogens is 1. The Morgan fingerprint density at radius 1 is 1.28 bits per heavy atom. The molecule has 3 nitrogen and oxygen atoms in total. The number of aryl methyl sites for hydroxylation is 1. The maximum absolute atomic E-state index is 6.35. The van der Waals surface area contributed by atoms with Gasteiger partial charge in [-0.1, -0.05) is 24.3 Å². The standard InChI is InChI=1S/C15H16N2O/c1-10-4-3-8-17-14(10)13(16)12-6-2-5-11-7-9-18-15(11)12/h2-6,8,13H,7,9,16H2,1H3. The van der Waals surface area contributed by atoms with Crippen molar-refractivity contribution in [2.45, 2.75) is 19.4 Å². The van der Waals surface area contributed by atoms with Crippen LogP contribution in [0.25, 0.3) is 0 Å². The molecule has 0 bridgehead atoms. The van der Waals surface area contributed by atoms with Gasteiger partial charge in [-0.15, -0.1) is 0 Å². The number of hydrogen-bond acceptors (Lipinski definition) is 3. The van der Waals surface area contributed by atoms with Crippen LogP contribution in [-0.4, -0.2) is 11.6 Å². The van der Waals surface area contributed by atoms with Crippen LogP contribution in [0.3, 0.4) is 0 Å². The molecule has 0 saturated heterocycles. The van der Waals surface area contributed by atoms with Gasteiger partial charge in [-0.05, 0) is 24.1 Å². The Balaban J connectivity index is 2.06. The molecular weight excluding hydrogens is 224 g/mol. The Morgan fingerprint density at radius 2 is 2.17 bits per heavy atom. The molecule has 2 N–H and O–H groups in total. The van der Waals surface area contributed by atoms with Gasteiger partial charge in [0.15, 0.2) is 0 Å². The largest absolute Gasteiger partial charge is 0.493 e. The van der Waals surface area contributed by atoms with E-state index in [1.165, 1.54) is 5.56 Å². The number of fused-ring (bicyclic) bond motifs is 1. The predicted octanol–water partition coefficient (Wildman–Crippen LogP) is 2.37. The van der Waals surface area contributed by atoms with Crippen molar-refractivity contribution in [3.63, 3.8) is 0 Å². The fourth-order valence-electron chi connectivity index (χ4n) is 2.46. The molecule has 92 valence electrons. The molecule has 3 rings (SSSR count). The molecule has 3 heteroatoms. The lowest BCUT2D eigenvalue weighted by Gasteiger charge is -2.16. The number of nitrogens with zero attached hydrogens (tertiary/aromatic N) is 1. The molecular formula is C15H16N2O. The average Bonchev–Trinajstić information content (AvgIpc) is 2.86. The number of benzene rings is 1. The van der Waals surface area contributed by atoms with Gasteiger partial charge in [-0.3, -0.25) is 4.98 Å². The number of ether oxygens (including phenoxy) is 1. The molecule has 1 aliphatic rings. The van der Waals surface area contributed by atoms with E-state index >= 15 is 0 Å². The SMILES string of the molecule is Cc1cccnc1C(N)c1cccc2c1OCC2. The molecule has 2 aromatic rings. The number of pyridine rings is 1. The van der Waals surface area contributed by atoms with Crippen LogP contribution < -0.4 is 10.5 Å². The van der Waals surface area contributed by atoms with Crippen molar-refractivity contribution >= 4 is 0 Å². The monoisotopic (exact) mass is 240 g/mol. The molecule has 1 aliphatic heterocycles. The molecule has 1 unspecified atom stereocenters. The minimum Gasteiger partial charge on any atom is -0.493 e. The van der Waals surface area contributed by atoms with Gasteiger partial charge in [-0.2, -0.15) is 0 Å². The number of nitrogens with two attached hydrogens (primary N) is 1. The minimum atomic E-state index is -0.223. The molecule has 18 heavy (non-hydrogen) atoms. The summed E-state index contributed by atoms with van der Waals surface area (Å²) < 4.78 is 5.70. The second kappa shape index (κ2) is 4.42. The lowest BCUT2D eigenvalue weighted by molar-refractivity contribution is 0.352. The molecule has 1 atom stereocenters. The number of para-hydroxylation sites is 1. The second-order valence-corrected chi connectivity index (χ2v) is 4.62. The predicted molar refractivity (Wildman–Crippen MR) is 70.6 cm³/mol. The van der Waals surface area contributed by atoms with E-state index in [1.54, 1.807) is 6.20 Å². The van der Waals surface area contributed by atoms with Gasteiger partial charge in [0.1, 0.15) is 5.75 Å². The number of hydrogen-bond donors (Lipinski definition) is 1. The molecule has 0 fully saturated rings. The van der Waals surface area contributed by atoms with E-state index in [0.717, 1.165) is 35.6 Å². The highest BCUT2D eigenvalue weighted by atomic mass is 16.5. The first kappa shape index (κ1) is 11.2. The van der Waals surface area contributed by atoms with Gasteiger partial charge in [0.05, 0.1) is 18.3 Å². The number of rotatable bonds is 2. The lowest BCUT2D eigenvalue weighted by Crippen LogP contribution is -2.15. The fourth-order valence-corrected chi connectivity index (χ4v) is 2.46. The first-order valence-corrected chi connectivity index (χ1v) is 6.19. The van der Waals surface area contributed by atoms with Crippen LogP contribution in [-0.2, 0) is 6.42 Å². The van der Waals surface area contributed by atoms with Gasteiger partial charge in [0.2, 0.25) is 0 Å². The third kappa shape index (κ3) is 1.77. The zero-order valence-corrected chi connectivity index (χ0v) is 10.4. The van der Waals surface area contributed by atoms with Gasteiger partial charge in [0, 0.05) is 18.2 Å². The van der Waals surface area contributed by atoms with Gasteiger partial charge in [0.25, 0.3) is 0 Å². The van der Waals surface area contributed by atoms with Crippen molar-refractivity contribution < 1.29 is 4.74 Å². The van der Waals surface area contributed by atoms with Crippen molar-refractivity contribution in [1.29, 1.82) is 0 Å². The van der Waals surface area contributed by atoms with Gasteiger partial charge >= 0.3 is 0 Å². The quantitative estimate of drug-likeness (QED) is 0.876. The van der Waals surface area contributed by atoms with E-state index in [4.69, 9.17) is 10.5 Å². The highest BCUT2D eigenvalue weighted by Crippen LogP contribution is 2.35. The van der Waals surface area contributed by atoms with Gasteiger partial charge < -0.3 is 10.5 Å². The summed E-state index contributed by atoms with van der Waals surface area (Å²) in [6.45, 7) is 2.78. The molecule has 0 amide bonds. The van der Waals surface area contributed by atoms with E-state index in [2.05, 4.69) is 11.1 Å². The highest BCUT2D eigenvalue weighted by Gasteiger charge is 2.22. The normalized spacial score (nSPS) is 15.0. The summed E-state index contributed by atoms with van der Waals surface area (Å²) in [6, 6.07) is 9.91. The Labute approximate surface area is 107 Å². The van der Waals surface area contributed by atoms with Crippen molar-refractivity contribution in [3.8, 4) is 5.75 Å². The summed E-state index contributed by atoms with van der Waals surface area (Å²) in [7, 11) is 0. The third-order valence-corrected chi connectivity index (χ3v) is 3.42. The zero-order valence-electron chi connectivity index (χ0n) is 10.4. The summed E-state index contributed by atoms with van der Waals surface area (Å²) in [5.74, 6) is 0.954. The molecule has 0 spiro atoms. The molecule has 1 aromatic heterocycles. The first-order valence-electron chi connectivity index (χ1n) is 6.19. The maximum Gasteiger partial charge on any atom is 0.127 e. The summed E-state index contributed by atoms with van der Waals surface area (Å²) in [4.78, 5) is 4.40. The van der Waals surface area contributed by atoms with Crippen molar-refractivity contribution in [2.75, 3.05) is 6.61 Å². The second-order valence-electron chi connectivity index (χ2n) is 4.62. The molecule has 0 radical (unpaired) electrons. The Kier molecular flexibility index (Phi) is 2.76. The van der Waals surface area contributed by atoms with Crippen LogP contribution in [0.15, 0.2) is 36.5 Å². The minimum absolute atomic E-state index is 0.223. The van der Waals surface area contributed by atoms with Crippen molar-refractivity contribution in [3.05, 3.63) is 58.9 Å². The summed E-state index contributed by atoms with van der Waals surface area (Å²) >= 11 is 0. The Bertz CT molecular complexity index is 580. The summed E-state index contributed by atoms with van der Waals surface area (Å²) in [6.07, 6.45) is 2.75. The van der Waals surface area contributed by atoms with Gasteiger partial charge in [-0.25, -0.2) is 0 Å². The third-order valence-electron chi connectivity index (χ3n) is 3.42. The van der Waals surface area contributed by atoms with E-state index < -0.39 is 0 Å². The molecule has 1 aromatic carbocycles. The Hall–Kier alpha value is -1.87. The van der Waals surface area contributed by atoms with Crippen LogP contribution in [0, 0.1) is 6.92 Å². The van der Waals surface area contributed by atoms with Crippen molar-refractivity contribution in [1.82, 2.24) is 4.98 Å². The lowest BCUT2D eigenvalue weighted by atomic mass is 9.98. The van der Waals surface area contributed by atoms with E-state index in [0.29, 0.717) is 0 Å². The van der Waals surface area contributed by atoms with Crippen LogP contribution >= 0.6 is 0 Å². The Morgan fingerprint density at radius 3 is 3.00 bits per heavy atom. The molecule has 0 aliphatic carbocycles. The first-order chi connectivity index (χ1) is 8.77. The van der Waals surface area contributed by atoms with Crippen LogP contribution in [0.1, 0.15) is 28.4 Å². The summed E-state index contributed by atoms with van der Waals surface area (Å²) in [5, 5.41) is 0. The summed E-state index contributed by atoms with van der Waals surface area (Å²) in [5.41, 5.74) is 10.7. The average molecular weight is 240 g/mol. The van der Waals surface area contributed by atoms with Crippen LogP contribution in [0.4, 0.5) is 0 Å². The molecule has 2 heterocycles.